The van der Waals surface area contributed by atoms with Crippen molar-refractivity contribution < 1.29 is 9.53 Å². The first-order valence-electron chi connectivity index (χ1n) is 7.55. The van der Waals surface area contributed by atoms with Crippen LogP contribution in [0.15, 0.2) is 18.3 Å². The lowest BCUT2D eigenvalue weighted by Crippen LogP contribution is -2.50. The van der Waals surface area contributed by atoms with Crippen LogP contribution in [0, 0.1) is 0 Å². The van der Waals surface area contributed by atoms with Crippen LogP contribution >= 0.6 is 0 Å². The fourth-order valence-corrected chi connectivity index (χ4v) is 3.05. The highest BCUT2D eigenvalue weighted by atomic mass is 16.5. The summed E-state index contributed by atoms with van der Waals surface area (Å²) in [4.78, 5) is 18.7. The van der Waals surface area contributed by atoms with Crippen molar-refractivity contribution in [3.8, 4) is 0 Å². The van der Waals surface area contributed by atoms with E-state index in [1.807, 2.05) is 0 Å². The van der Waals surface area contributed by atoms with Crippen molar-refractivity contribution in [3.63, 3.8) is 0 Å². The zero-order chi connectivity index (χ0) is 14.7. The van der Waals surface area contributed by atoms with Crippen LogP contribution in [0.3, 0.4) is 0 Å². The van der Waals surface area contributed by atoms with E-state index in [0.29, 0.717) is 24.7 Å². The Bertz CT molecular complexity index is 508. The van der Waals surface area contributed by atoms with Gasteiger partial charge in [0.15, 0.2) is 0 Å². The molecule has 2 aliphatic rings. The summed E-state index contributed by atoms with van der Waals surface area (Å²) in [6.07, 6.45) is 4.19. The number of pyridine rings is 1. The molecule has 1 aromatic rings. The average molecular weight is 290 g/mol. The van der Waals surface area contributed by atoms with Crippen molar-refractivity contribution in [3.05, 3.63) is 29.6 Å². The molecule has 2 atom stereocenters. The Balaban J connectivity index is 1.51. The molecule has 2 aliphatic heterocycles. The third-order valence-corrected chi connectivity index (χ3v) is 4.24. The van der Waals surface area contributed by atoms with Crippen LogP contribution in [0.1, 0.15) is 28.9 Å². The van der Waals surface area contributed by atoms with E-state index in [9.17, 15) is 4.79 Å². The van der Waals surface area contributed by atoms with Crippen LogP contribution in [0.25, 0.3) is 0 Å². The minimum atomic E-state index is -0.0979. The Labute approximate surface area is 124 Å². The SMILES string of the molecule is NCc1cc(C(=O)NCC2CN3CCCC3CO2)ccn1. The van der Waals surface area contributed by atoms with Crippen molar-refractivity contribution in [2.45, 2.75) is 31.5 Å². The monoisotopic (exact) mass is 290 g/mol. The summed E-state index contributed by atoms with van der Waals surface area (Å²) in [6, 6.07) is 4.02. The van der Waals surface area contributed by atoms with Gasteiger partial charge in [-0.3, -0.25) is 14.7 Å². The summed E-state index contributed by atoms with van der Waals surface area (Å²) in [5.41, 5.74) is 6.86. The van der Waals surface area contributed by atoms with Gasteiger partial charge in [-0.2, -0.15) is 0 Å². The van der Waals surface area contributed by atoms with Crippen molar-refractivity contribution >= 4 is 5.91 Å². The highest BCUT2D eigenvalue weighted by molar-refractivity contribution is 5.94. The number of nitrogens with two attached hydrogens (primary N) is 1. The number of amides is 1. The molecule has 0 spiro atoms. The van der Waals surface area contributed by atoms with E-state index in [2.05, 4.69) is 15.2 Å². The van der Waals surface area contributed by atoms with Gasteiger partial charge >= 0.3 is 0 Å². The smallest absolute Gasteiger partial charge is 0.251 e. The Hall–Kier alpha value is -1.50. The quantitative estimate of drug-likeness (QED) is 0.824. The number of fused-ring (bicyclic) bond motifs is 1. The van der Waals surface area contributed by atoms with Crippen molar-refractivity contribution in [2.24, 2.45) is 5.73 Å². The van der Waals surface area contributed by atoms with Crippen LogP contribution in [0.4, 0.5) is 0 Å². The Morgan fingerprint density at radius 2 is 2.48 bits per heavy atom. The van der Waals surface area contributed by atoms with Crippen LogP contribution in [0.2, 0.25) is 0 Å². The van der Waals surface area contributed by atoms with Gasteiger partial charge in [0, 0.05) is 37.4 Å². The first kappa shape index (κ1) is 14.4. The Kier molecular flexibility index (Phi) is 4.48. The predicted molar refractivity (Wildman–Crippen MR) is 78.8 cm³/mol. The number of aromatic nitrogens is 1. The highest BCUT2D eigenvalue weighted by Gasteiger charge is 2.32. The van der Waals surface area contributed by atoms with E-state index in [1.165, 1.54) is 12.8 Å². The van der Waals surface area contributed by atoms with Crippen LogP contribution in [0.5, 0.6) is 0 Å². The van der Waals surface area contributed by atoms with Crippen LogP contribution in [-0.4, -0.2) is 54.2 Å². The second kappa shape index (κ2) is 6.51. The average Bonchev–Trinajstić information content (AvgIpc) is 3.00. The summed E-state index contributed by atoms with van der Waals surface area (Å²) in [5.74, 6) is -0.0979. The fraction of sp³-hybridized carbons (Fsp3) is 0.600. The summed E-state index contributed by atoms with van der Waals surface area (Å²) < 4.78 is 5.83. The third-order valence-electron chi connectivity index (χ3n) is 4.24. The highest BCUT2D eigenvalue weighted by Crippen LogP contribution is 2.22. The molecule has 0 saturated carbocycles. The molecule has 0 bridgehead atoms. The summed E-state index contributed by atoms with van der Waals surface area (Å²) in [7, 11) is 0. The maximum atomic E-state index is 12.1. The molecule has 3 rings (SSSR count). The number of nitrogens with one attached hydrogen (secondary N) is 1. The predicted octanol–water partition coefficient (Wildman–Crippen LogP) is 0.133. The normalized spacial score (nSPS) is 25.6. The van der Waals surface area contributed by atoms with Gasteiger partial charge in [0.25, 0.3) is 5.91 Å². The molecule has 3 N–H and O–H groups in total. The number of hydrogen-bond donors (Lipinski definition) is 2. The molecule has 0 aromatic carbocycles. The van der Waals surface area contributed by atoms with Gasteiger partial charge in [-0.1, -0.05) is 0 Å². The molecular formula is C15H22N4O2. The molecular weight excluding hydrogens is 268 g/mol. The molecule has 1 aromatic heterocycles. The molecule has 6 heteroatoms. The van der Waals surface area contributed by atoms with E-state index in [-0.39, 0.29) is 12.0 Å². The maximum Gasteiger partial charge on any atom is 0.251 e. The summed E-state index contributed by atoms with van der Waals surface area (Å²) in [5, 5.41) is 2.94. The summed E-state index contributed by atoms with van der Waals surface area (Å²) >= 11 is 0. The van der Waals surface area contributed by atoms with Gasteiger partial charge in [-0.15, -0.1) is 0 Å². The standard InChI is InChI=1S/C15H22N4O2/c16-7-12-6-11(3-4-17-12)15(20)18-8-14-9-19-5-1-2-13(19)10-21-14/h3-4,6,13-14H,1-2,5,7-10,16H2,(H,18,20). The van der Waals surface area contributed by atoms with Gasteiger partial charge in [-0.25, -0.2) is 0 Å². The maximum absolute atomic E-state index is 12.1. The first-order chi connectivity index (χ1) is 10.3. The summed E-state index contributed by atoms with van der Waals surface area (Å²) in [6.45, 7) is 3.73. The number of morpholine rings is 1. The second-order valence-corrected chi connectivity index (χ2v) is 5.70. The van der Waals surface area contributed by atoms with Gasteiger partial charge in [0.05, 0.1) is 18.4 Å². The number of carbonyl (C=O) groups excluding carboxylic acids is 1. The molecule has 6 nitrogen and oxygen atoms in total. The zero-order valence-corrected chi connectivity index (χ0v) is 12.1. The molecule has 2 unspecified atom stereocenters. The Morgan fingerprint density at radius 1 is 1.57 bits per heavy atom. The molecule has 21 heavy (non-hydrogen) atoms. The molecule has 2 fully saturated rings. The minimum Gasteiger partial charge on any atom is -0.373 e. The zero-order valence-electron chi connectivity index (χ0n) is 12.1. The Morgan fingerprint density at radius 3 is 3.33 bits per heavy atom. The lowest BCUT2D eigenvalue weighted by Gasteiger charge is -2.35. The molecule has 0 radical (unpaired) electrons. The third kappa shape index (κ3) is 3.40. The largest absolute Gasteiger partial charge is 0.373 e. The van der Waals surface area contributed by atoms with Crippen LogP contribution in [-0.2, 0) is 11.3 Å². The second-order valence-electron chi connectivity index (χ2n) is 5.70. The van der Waals surface area contributed by atoms with Crippen LogP contribution < -0.4 is 11.1 Å². The van der Waals surface area contributed by atoms with Crippen molar-refractivity contribution in [1.82, 2.24) is 15.2 Å². The fourth-order valence-electron chi connectivity index (χ4n) is 3.05. The van der Waals surface area contributed by atoms with Crippen molar-refractivity contribution in [1.29, 1.82) is 0 Å². The number of rotatable bonds is 4. The van der Waals surface area contributed by atoms with E-state index >= 15 is 0 Å². The van der Waals surface area contributed by atoms with Gasteiger partial charge in [0.2, 0.25) is 0 Å². The number of hydrogen-bond acceptors (Lipinski definition) is 5. The molecule has 1 amide bonds. The van der Waals surface area contributed by atoms with Crippen molar-refractivity contribution in [2.75, 3.05) is 26.2 Å². The van der Waals surface area contributed by atoms with E-state index in [1.54, 1.807) is 18.3 Å². The minimum absolute atomic E-state index is 0.0825. The van der Waals surface area contributed by atoms with E-state index in [4.69, 9.17) is 10.5 Å². The topological polar surface area (TPSA) is 80.5 Å². The lowest BCUT2D eigenvalue weighted by atomic mass is 10.1. The number of nitrogens with zero attached hydrogens (tertiary/aromatic N) is 2. The van der Waals surface area contributed by atoms with E-state index < -0.39 is 0 Å². The molecule has 2 saturated heterocycles. The molecule has 3 heterocycles. The molecule has 0 aliphatic carbocycles. The van der Waals surface area contributed by atoms with Gasteiger partial charge in [0.1, 0.15) is 0 Å². The molecule has 114 valence electrons. The first-order valence-corrected chi connectivity index (χ1v) is 7.55. The lowest BCUT2D eigenvalue weighted by molar-refractivity contribution is -0.0461. The van der Waals surface area contributed by atoms with Gasteiger partial charge < -0.3 is 15.8 Å². The van der Waals surface area contributed by atoms with E-state index in [0.717, 1.165) is 25.4 Å². The number of ether oxygens (including phenoxy) is 1. The number of carbonyl (C=O) groups is 1. The van der Waals surface area contributed by atoms with Gasteiger partial charge in [-0.05, 0) is 31.5 Å².